The van der Waals surface area contributed by atoms with E-state index >= 15 is 0 Å². The zero-order valence-corrected chi connectivity index (χ0v) is 12.3. The van der Waals surface area contributed by atoms with Gasteiger partial charge >= 0.3 is 5.69 Å². The van der Waals surface area contributed by atoms with Crippen LogP contribution in [0, 0.1) is 5.92 Å². The van der Waals surface area contributed by atoms with Gasteiger partial charge in [0.05, 0.1) is 13.2 Å². The summed E-state index contributed by atoms with van der Waals surface area (Å²) in [7, 11) is 0. The average Bonchev–Trinajstić information content (AvgIpc) is 2.81. The summed E-state index contributed by atoms with van der Waals surface area (Å²) in [5.74, 6) is 0.165. The molecule has 22 heavy (non-hydrogen) atoms. The summed E-state index contributed by atoms with van der Waals surface area (Å²) >= 11 is 0. The van der Waals surface area contributed by atoms with Crippen molar-refractivity contribution in [3.05, 3.63) is 35.4 Å². The number of rotatable bonds is 6. The molecule has 1 aromatic heterocycles. The molecule has 2 heterocycles. The number of anilines is 1. The largest absolute Gasteiger partial charge is 0.394 e. The molecular weight excluding hydrogens is 290 g/mol. The summed E-state index contributed by atoms with van der Waals surface area (Å²) in [4.78, 5) is 15.6. The highest BCUT2D eigenvalue weighted by molar-refractivity contribution is 5.23. The first kappa shape index (κ1) is 16.6. The average molecular weight is 311 g/mol. The van der Waals surface area contributed by atoms with E-state index in [1.807, 2.05) is 6.92 Å². The molecule has 5 atom stereocenters. The highest BCUT2D eigenvalue weighted by Gasteiger charge is 2.45. The van der Waals surface area contributed by atoms with E-state index in [-0.39, 0.29) is 18.3 Å². The molecule has 1 aromatic rings. The third kappa shape index (κ3) is 3.36. The minimum Gasteiger partial charge on any atom is -0.394 e. The van der Waals surface area contributed by atoms with Crippen molar-refractivity contribution in [1.29, 1.82) is 0 Å². The Morgan fingerprint density at radius 1 is 1.68 bits per heavy atom. The number of aliphatic hydroxyl groups is 2. The van der Waals surface area contributed by atoms with Gasteiger partial charge in [0, 0.05) is 6.20 Å². The van der Waals surface area contributed by atoms with Gasteiger partial charge < -0.3 is 25.4 Å². The lowest BCUT2D eigenvalue weighted by Crippen LogP contribution is -2.38. The summed E-state index contributed by atoms with van der Waals surface area (Å²) in [5.41, 5.74) is 4.85. The molecule has 0 radical (unpaired) electrons. The molecular formula is C14H21N3O5. The molecule has 1 aliphatic heterocycles. The molecule has 1 fully saturated rings. The summed E-state index contributed by atoms with van der Waals surface area (Å²) in [6, 6.07) is 1.45. The van der Waals surface area contributed by atoms with E-state index in [0.717, 1.165) is 0 Å². The molecule has 1 saturated heterocycles. The Kier molecular flexibility index (Phi) is 5.30. The van der Waals surface area contributed by atoms with E-state index < -0.39 is 30.2 Å². The minimum atomic E-state index is -1.06. The third-order valence-electron chi connectivity index (χ3n) is 3.57. The van der Waals surface area contributed by atoms with Gasteiger partial charge in [0.2, 0.25) is 0 Å². The van der Waals surface area contributed by atoms with Crippen molar-refractivity contribution in [2.75, 3.05) is 18.9 Å². The van der Waals surface area contributed by atoms with Gasteiger partial charge in [0.25, 0.3) is 0 Å². The first-order valence-electron chi connectivity index (χ1n) is 7.01. The summed E-state index contributed by atoms with van der Waals surface area (Å²) in [6.07, 6.45) is -0.436. The number of nitrogen functional groups attached to an aromatic ring is 1. The van der Waals surface area contributed by atoms with Gasteiger partial charge in [0.1, 0.15) is 24.1 Å². The molecule has 2 rings (SSSR count). The predicted octanol–water partition coefficient (Wildman–Crippen LogP) is -0.717. The molecule has 4 N–H and O–H groups in total. The fourth-order valence-electron chi connectivity index (χ4n) is 2.22. The van der Waals surface area contributed by atoms with Crippen molar-refractivity contribution >= 4 is 5.82 Å². The topological polar surface area (TPSA) is 120 Å². The quantitative estimate of drug-likeness (QED) is 0.593. The summed E-state index contributed by atoms with van der Waals surface area (Å²) < 4.78 is 12.4. The van der Waals surface area contributed by atoms with E-state index in [1.54, 1.807) is 6.08 Å². The van der Waals surface area contributed by atoms with Crippen LogP contribution in [-0.2, 0) is 9.47 Å². The first-order chi connectivity index (χ1) is 10.5. The van der Waals surface area contributed by atoms with Crippen molar-refractivity contribution < 1.29 is 19.7 Å². The highest BCUT2D eigenvalue weighted by Crippen LogP contribution is 2.31. The molecule has 8 heteroatoms. The maximum absolute atomic E-state index is 11.9. The van der Waals surface area contributed by atoms with Crippen LogP contribution in [0.25, 0.3) is 0 Å². The number of hydrogen-bond acceptors (Lipinski definition) is 7. The minimum absolute atomic E-state index is 0.0716. The summed E-state index contributed by atoms with van der Waals surface area (Å²) in [5, 5.41) is 19.5. The van der Waals surface area contributed by atoms with Crippen LogP contribution in [0.4, 0.5) is 5.82 Å². The monoisotopic (exact) mass is 311 g/mol. The number of nitrogens with two attached hydrogens (primary N) is 1. The molecule has 1 aliphatic rings. The van der Waals surface area contributed by atoms with Crippen molar-refractivity contribution in [1.82, 2.24) is 9.55 Å². The van der Waals surface area contributed by atoms with Gasteiger partial charge in [-0.25, -0.2) is 4.79 Å². The third-order valence-corrected chi connectivity index (χ3v) is 3.57. The normalized spacial score (nSPS) is 29.4. The van der Waals surface area contributed by atoms with Gasteiger partial charge in [-0.2, -0.15) is 4.98 Å². The molecule has 3 unspecified atom stereocenters. The van der Waals surface area contributed by atoms with Crippen LogP contribution in [0.3, 0.4) is 0 Å². The van der Waals surface area contributed by atoms with Gasteiger partial charge in [0.15, 0.2) is 6.23 Å². The Hall–Kier alpha value is -1.74. The number of hydrogen-bond donors (Lipinski definition) is 3. The van der Waals surface area contributed by atoms with Crippen LogP contribution in [0.5, 0.6) is 0 Å². The predicted molar refractivity (Wildman–Crippen MR) is 79.0 cm³/mol. The van der Waals surface area contributed by atoms with Crippen molar-refractivity contribution in [3.8, 4) is 0 Å². The van der Waals surface area contributed by atoms with Crippen LogP contribution in [0.15, 0.2) is 29.7 Å². The first-order valence-corrected chi connectivity index (χ1v) is 7.01. The van der Waals surface area contributed by atoms with Crippen molar-refractivity contribution in [2.24, 2.45) is 5.92 Å². The van der Waals surface area contributed by atoms with Crippen LogP contribution in [-0.4, -0.2) is 51.3 Å². The number of aromatic nitrogens is 2. The Bertz CT molecular complexity index is 576. The molecule has 8 nitrogen and oxygen atoms in total. The van der Waals surface area contributed by atoms with Crippen LogP contribution in [0.1, 0.15) is 13.2 Å². The number of aliphatic hydroxyl groups excluding tert-OH is 2. The van der Waals surface area contributed by atoms with Gasteiger partial charge in [-0.1, -0.05) is 13.0 Å². The number of nitrogens with zero attached hydrogens (tertiary/aromatic N) is 2. The molecule has 0 saturated carbocycles. The maximum Gasteiger partial charge on any atom is 0.351 e. The maximum atomic E-state index is 11.9. The summed E-state index contributed by atoms with van der Waals surface area (Å²) in [6.45, 7) is 5.49. The van der Waals surface area contributed by atoms with E-state index in [4.69, 9.17) is 15.2 Å². The smallest absolute Gasteiger partial charge is 0.351 e. The Balaban J connectivity index is 2.25. The fraction of sp³-hybridized carbons (Fsp3) is 0.571. The molecule has 0 spiro atoms. The molecule has 0 aliphatic carbocycles. The molecule has 0 amide bonds. The standard InChI is InChI=1S/C14H21N3O5/c1-3-8(2)7-21-12-11(19)9(6-18)22-13(12)17-5-4-10(15)16-14(17)20/h3-5,8-9,11-13,18-19H,1,6-7H2,2H3,(H2,15,16,20)/t8?,9-,11?,12?,13-/m1/s1. The molecule has 0 bridgehead atoms. The van der Waals surface area contributed by atoms with E-state index in [9.17, 15) is 15.0 Å². The van der Waals surface area contributed by atoms with Gasteiger partial charge in [-0.05, 0) is 12.0 Å². The van der Waals surface area contributed by atoms with Crippen LogP contribution < -0.4 is 11.4 Å². The van der Waals surface area contributed by atoms with Crippen molar-refractivity contribution in [2.45, 2.75) is 31.5 Å². The lowest BCUT2D eigenvalue weighted by molar-refractivity contribution is -0.0779. The molecule has 122 valence electrons. The van der Waals surface area contributed by atoms with Gasteiger partial charge in [-0.3, -0.25) is 4.57 Å². The Morgan fingerprint density at radius 3 is 3.00 bits per heavy atom. The molecule has 0 aromatic carbocycles. The van der Waals surface area contributed by atoms with E-state index in [2.05, 4.69) is 11.6 Å². The van der Waals surface area contributed by atoms with E-state index in [1.165, 1.54) is 16.8 Å². The van der Waals surface area contributed by atoms with Gasteiger partial charge in [-0.15, -0.1) is 6.58 Å². The second-order valence-electron chi connectivity index (χ2n) is 5.29. The van der Waals surface area contributed by atoms with E-state index in [0.29, 0.717) is 6.61 Å². The zero-order valence-electron chi connectivity index (χ0n) is 12.3. The Morgan fingerprint density at radius 2 is 2.41 bits per heavy atom. The van der Waals surface area contributed by atoms with Crippen LogP contribution >= 0.6 is 0 Å². The highest BCUT2D eigenvalue weighted by atomic mass is 16.6. The second-order valence-corrected chi connectivity index (χ2v) is 5.29. The lowest BCUT2D eigenvalue weighted by Gasteiger charge is -2.23. The SMILES string of the molecule is C=CC(C)COC1C(O)[C@@H](CO)O[C@H]1n1ccc(N)nc1=O. The zero-order chi connectivity index (χ0) is 16.3. The fourth-order valence-corrected chi connectivity index (χ4v) is 2.22. The second kappa shape index (κ2) is 7.01. The van der Waals surface area contributed by atoms with Crippen molar-refractivity contribution in [3.63, 3.8) is 0 Å². The number of ether oxygens (including phenoxy) is 2. The Labute approximate surface area is 127 Å². The van der Waals surface area contributed by atoms with Crippen LogP contribution in [0.2, 0.25) is 0 Å². The lowest BCUT2D eigenvalue weighted by atomic mass is 10.1.